The molecule has 4 heteroatoms. The van der Waals surface area contributed by atoms with Gasteiger partial charge in [-0.1, -0.05) is 20.8 Å². The highest BCUT2D eigenvalue weighted by molar-refractivity contribution is 5.76. The average molecular weight is 282 g/mol. The van der Waals surface area contributed by atoms with Crippen molar-refractivity contribution in [3.63, 3.8) is 0 Å². The summed E-state index contributed by atoms with van der Waals surface area (Å²) in [6.45, 7) is 10.5. The summed E-state index contributed by atoms with van der Waals surface area (Å²) < 4.78 is 5.44. The van der Waals surface area contributed by atoms with Crippen LogP contribution in [0.4, 0.5) is 0 Å². The maximum absolute atomic E-state index is 12.2. The Labute approximate surface area is 123 Å². The van der Waals surface area contributed by atoms with Gasteiger partial charge in [-0.2, -0.15) is 0 Å². The van der Waals surface area contributed by atoms with E-state index in [1.54, 1.807) is 0 Å². The molecular weight excluding hydrogens is 252 g/mol. The van der Waals surface area contributed by atoms with Gasteiger partial charge in [0.25, 0.3) is 0 Å². The van der Waals surface area contributed by atoms with E-state index in [2.05, 4.69) is 30.6 Å². The van der Waals surface area contributed by atoms with Gasteiger partial charge in [0.05, 0.1) is 6.10 Å². The summed E-state index contributed by atoms with van der Waals surface area (Å²) in [7, 11) is 1.81. The smallest absolute Gasteiger partial charge is 0.223 e. The first-order valence-electron chi connectivity index (χ1n) is 7.93. The summed E-state index contributed by atoms with van der Waals surface area (Å²) in [6.07, 6.45) is 4.46. The minimum atomic E-state index is 0.0918. The molecule has 0 N–H and O–H groups in total. The Bertz CT molecular complexity index is 330. The lowest BCUT2D eigenvalue weighted by molar-refractivity contribution is -0.134. The number of nitrogens with zero attached hydrogens (tertiary/aromatic N) is 2. The second-order valence-electron chi connectivity index (χ2n) is 7.49. The first-order chi connectivity index (χ1) is 9.39. The van der Waals surface area contributed by atoms with Gasteiger partial charge < -0.3 is 9.64 Å². The third-order valence-corrected chi connectivity index (χ3v) is 4.52. The maximum Gasteiger partial charge on any atom is 0.223 e. The van der Waals surface area contributed by atoms with E-state index in [1.807, 2.05) is 7.11 Å². The van der Waals surface area contributed by atoms with E-state index in [9.17, 15) is 4.79 Å². The highest BCUT2D eigenvalue weighted by Gasteiger charge is 2.32. The molecule has 0 spiro atoms. The highest BCUT2D eigenvalue weighted by Crippen LogP contribution is 2.25. The Morgan fingerprint density at radius 3 is 2.30 bits per heavy atom. The fourth-order valence-electron chi connectivity index (χ4n) is 3.32. The van der Waals surface area contributed by atoms with Crippen LogP contribution in [0.1, 0.15) is 46.5 Å². The van der Waals surface area contributed by atoms with Crippen molar-refractivity contribution in [3.05, 3.63) is 0 Å². The average Bonchev–Trinajstić information content (AvgIpc) is 2.85. The number of hydrogen-bond acceptors (Lipinski definition) is 3. The van der Waals surface area contributed by atoms with Crippen LogP contribution in [0.3, 0.4) is 0 Å². The van der Waals surface area contributed by atoms with Crippen molar-refractivity contribution in [1.29, 1.82) is 0 Å². The summed E-state index contributed by atoms with van der Waals surface area (Å²) in [6, 6.07) is 0.647. The number of hydrogen-bond donors (Lipinski definition) is 0. The van der Waals surface area contributed by atoms with Crippen LogP contribution in [0.5, 0.6) is 0 Å². The zero-order chi connectivity index (χ0) is 14.8. The molecule has 2 fully saturated rings. The zero-order valence-electron chi connectivity index (χ0n) is 13.5. The number of rotatable bonds is 3. The van der Waals surface area contributed by atoms with Gasteiger partial charge in [0.2, 0.25) is 5.91 Å². The maximum atomic E-state index is 12.2. The second-order valence-corrected chi connectivity index (χ2v) is 7.49. The monoisotopic (exact) mass is 282 g/mol. The molecule has 2 heterocycles. The van der Waals surface area contributed by atoms with Gasteiger partial charge in [-0.05, 0) is 24.7 Å². The third-order valence-electron chi connectivity index (χ3n) is 4.52. The molecule has 20 heavy (non-hydrogen) atoms. The molecule has 2 aliphatic heterocycles. The number of carbonyl (C=O) groups excluding carboxylic acids is 1. The fourth-order valence-corrected chi connectivity index (χ4v) is 3.32. The number of methoxy groups -OCH3 is 1. The lowest BCUT2D eigenvalue weighted by Crippen LogP contribution is -2.46. The molecule has 2 saturated heterocycles. The van der Waals surface area contributed by atoms with E-state index in [-0.39, 0.29) is 5.41 Å². The predicted molar refractivity (Wildman–Crippen MR) is 80.7 cm³/mol. The van der Waals surface area contributed by atoms with Crippen LogP contribution >= 0.6 is 0 Å². The summed E-state index contributed by atoms with van der Waals surface area (Å²) in [5.74, 6) is 0.326. The van der Waals surface area contributed by atoms with Crippen molar-refractivity contribution in [2.45, 2.75) is 58.6 Å². The number of piperidine rings is 1. The van der Waals surface area contributed by atoms with E-state index in [1.165, 1.54) is 0 Å². The van der Waals surface area contributed by atoms with Crippen molar-refractivity contribution in [1.82, 2.24) is 9.80 Å². The van der Waals surface area contributed by atoms with Gasteiger partial charge >= 0.3 is 0 Å². The van der Waals surface area contributed by atoms with Crippen molar-refractivity contribution in [3.8, 4) is 0 Å². The summed E-state index contributed by atoms with van der Waals surface area (Å²) in [4.78, 5) is 16.8. The fraction of sp³-hybridized carbons (Fsp3) is 0.938. The molecule has 0 aromatic heterocycles. The second kappa shape index (κ2) is 6.44. The van der Waals surface area contributed by atoms with Crippen LogP contribution in [-0.2, 0) is 9.53 Å². The standard InChI is InChI=1S/C16H30N2O2/c1-16(2,3)11-15(19)17-8-5-13(6-9-17)18-10-7-14(12-18)20-4/h13-14H,5-12H2,1-4H3. The Balaban J connectivity index is 1.76. The van der Waals surface area contributed by atoms with E-state index < -0.39 is 0 Å². The minimum Gasteiger partial charge on any atom is -0.380 e. The van der Waals surface area contributed by atoms with Crippen LogP contribution in [-0.4, -0.2) is 61.1 Å². The number of carbonyl (C=O) groups is 1. The normalized spacial score (nSPS) is 26.2. The van der Waals surface area contributed by atoms with Gasteiger partial charge in [-0.15, -0.1) is 0 Å². The molecule has 1 atom stereocenters. The van der Waals surface area contributed by atoms with Gasteiger partial charge in [-0.25, -0.2) is 0 Å². The molecule has 0 bridgehead atoms. The Hall–Kier alpha value is -0.610. The van der Waals surface area contributed by atoms with Gasteiger partial charge in [-0.3, -0.25) is 9.69 Å². The molecule has 2 rings (SSSR count). The lowest BCUT2D eigenvalue weighted by Gasteiger charge is -2.37. The molecule has 116 valence electrons. The number of likely N-dealkylation sites (tertiary alicyclic amines) is 2. The zero-order valence-corrected chi connectivity index (χ0v) is 13.5. The van der Waals surface area contributed by atoms with Crippen molar-refractivity contribution in [2.24, 2.45) is 5.41 Å². The summed E-state index contributed by atoms with van der Waals surface area (Å²) in [5.41, 5.74) is 0.0918. The number of ether oxygens (including phenoxy) is 1. The summed E-state index contributed by atoms with van der Waals surface area (Å²) >= 11 is 0. The molecule has 0 aliphatic carbocycles. The first kappa shape index (κ1) is 15.8. The molecule has 2 aliphatic rings. The molecule has 1 unspecified atom stereocenters. The van der Waals surface area contributed by atoms with Gasteiger partial charge in [0.1, 0.15) is 0 Å². The number of amides is 1. The molecule has 4 nitrogen and oxygen atoms in total. The topological polar surface area (TPSA) is 32.8 Å². The quantitative estimate of drug-likeness (QED) is 0.795. The molecule has 0 radical (unpaired) electrons. The lowest BCUT2D eigenvalue weighted by atomic mass is 9.91. The van der Waals surface area contributed by atoms with Crippen LogP contribution in [0.15, 0.2) is 0 Å². The third kappa shape index (κ3) is 4.19. The molecule has 0 saturated carbocycles. The predicted octanol–water partition coefficient (Wildman–Crippen LogP) is 2.13. The first-order valence-corrected chi connectivity index (χ1v) is 7.93. The van der Waals surface area contributed by atoms with Crippen LogP contribution in [0, 0.1) is 5.41 Å². The van der Waals surface area contributed by atoms with Crippen LogP contribution in [0.2, 0.25) is 0 Å². The Morgan fingerprint density at radius 1 is 1.15 bits per heavy atom. The van der Waals surface area contributed by atoms with E-state index in [4.69, 9.17) is 4.74 Å². The Kier molecular flexibility index (Phi) is 5.08. The van der Waals surface area contributed by atoms with E-state index in [0.29, 0.717) is 24.5 Å². The molecule has 1 amide bonds. The SMILES string of the molecule is COC1CCN(C2CCN(C(=O)CC(C)(C)C)CC2)C1. The molecule has 0 aromatic carbocycles. The molecule has 0 aromatic rings. The van der Waals surface area contributed by atoms with Gasteiger partial charge in [0.15, 0.2) is 0 Å². The van der Waals surface area contributed by atoms with Crippen LogP contribution < -0.4 is 0 Å². The van der Waals surface area contributed by atoms with Crippen molar-refractivity contribution in [2.75, 3.05) is 33.3 Å². The van der Waals surface area contributed by atoms with E-state index in [0.717, 1.165) is 45.4 Å². The highest BCUT2D eigenvalue weighted by atomic mass is 16.5. The van der Waals surface area contributed by atoms with Crippen LogP contribution in [0.25, 0.3) is 0 Å². The van der Waals surface area contributed by atoms with Crippen molar-refractivity contribution < 1.29 is 9.53 Å². The molecular formula is C16H30N2O2. The van der Waals surface area contributed by atoms with Crippen molar-refractivity contribution >= 4 is 5.91 Å². The van der Waals surface area contributed by atoms with Gasteiger partial charge in [0, 0.05) is 45.8 Å². The summed E-state index contributed by atoms with van der Waals surface area (Å²) in [5, 5.41) is 0. The largest absolute Gasteiger partial charge is 0.380 e. The minimum absolute atomic E-state index is 0.0918. The van der Waals surface area contributed by atoms with E-state index >= 15 is 0 Å². The Morgan fingerprint density at radius 2 is 1.80 bits per heavy atom.